The highest BCUT2D eigenvalue weighted by atomic mass is 16.5. The minimum atomic E-state index is 0.272. The van der Waals surface area contributed by atoms with Gasteiger partial charge in [-0.2, -0.15) is 4.98 Å². The van der Waals surface area contributed by atoms with Crippen molar-refractivity contribution in [2.75, 3.05) is 36.5 Å². The summed E-state index contributed by atoms with van der Waals surface area (Å²) in [6.45, 7) is 4.88. The van der Waals surface area contributed by atoms with E-state index in [1.807, 2.05) is 55.5 Å². The first-order valence-corrected chi connectivity index (χ1v) is 9.03. The molecule has 0 saturated carbocycles. The molecule has 0 atom stereocenters. The number of phenolic OH excluding ortho intramolecular Hbond substituents is 1. The van der Waals surface area contributed by atoms with Gasteiger partial charge in [0.25, 0.3) is 0 Å². The summed E-state index contributed by atoms with van der Waals surface area (Å²) in [5.41, 5.74) is 3.54. The Morgan fingerprint density at radius 1 is 1.00 bits per heavy atom. The number of hydrogen-bond donors (Lipinski definition) is 2. The number of ether oxygens (including phenoxy) is 1. The summed E-state index contributed by atoms with van der Waals surface area (Å²) in [4.78, 5) is 11.6. The predicted octanol–water partition coefficient (Wildman–Crippen LogP) is 3.74. The maximum absolute atomic E-state index is 9.74. The van der Waals surface area contributed by atoms with Crippen LogP contribution in [-0.4, -0.2) is 41.4 Å². The number of aryl methyl sites for hydroxylation is 1. The van der Waals surface area contributed by atoms with Gasteiger partial charge in [0.2, 0.25) is 5.95 Å². The Kier molecular flexibility index (Phi) is 4.89. The molecule has 27 heavy (non-hydrogen) atoms. The summed E-state index contributed by atoms with van der Waals surface area (Å²) in [6.07, 6.45) is 0. The van der Waals surface area contributed by atoms with Crippen LogP contribution in [-0.2, 0) is 4.74 Å². The molecule has 3 aromatic rings. The normalized spacial score (nSPS) is 14.2. The minimum absolute atomic E-state index is 0.272. The fraction of sp³-hybridized carbons (Fsp3) is 0.238. The van der Waals surface area contributed by atoms with E-state index < -0.39 is 0 Å². The van der Waals surface area contributed by atoms with E-state index in [-0.39, 0.29) is 5.75 Å². The number of anilines is 3. The number of phenols is 1. The van der Waals surface area contributed by atoms with E-state index in [0.717, 1.165) is 41.4 Å². The van der Waals surface area contributed by atoms with E-state index >= 15 is 0 Å². The summed E-state index contributed by atoms with van der Waals surface area (Å²) < 4.78 is 5.46. The molecule has 0 spiro atoms. The van der Waals surface area contributed by atoms with Crippen LogP contribution in [0.3, 0.4) is 0 Å². The number of aromatic nitrogens is 2. The van der Waals surface area contributed by atoms with Gasteiger partial charge >= 0.3 is 0 Å². The van der Waals surface area contributed by atoms with Gasteiger partial charge in [-0.05, 0) is 30.7 Å². The minimum Gasteiger partial charge on any atom is -0.508 e. The van der Waals surface area contributed by atoms with Crippen LogP contribution in [0.4, 0.5) is 17.5 Å². The lowest BCUT2D eigenvalue weighted by molar-refractivity contribution is 0.122. The molecule has 1 fully saturated rings. The molecule has 1 saturated heterocycles. The van der Waals surface area contributed by atoms with Crippen LogP contribution in [0.25, 0.3) is 11.3 Å². The zero-order chi connectivity index (χ0) is 18.6. The molecule has 6 nitrogen and oxygen atoms in total. The molecule has 6 heteroatoms. The van der Waals surface area contributed by atoms with Crippen LogP contribution in [0.1, 0.15) is 5.56 Å². The first-order valence-electron chi connectivity index (χ1n) is 9.03. The van der Waals surface area contributed by atoms with Crippen LogP contribution in [0.5, 0.6) is 5.75 Å². The molecule has 1 aliphatic rings. The van der Waals surface area contributed by atoms with E-state index in [9.17, 15) is 5.11 Å². The first-order chi connectivity index (χ1) is 13.2. The van der Waals surface area contributed by atoms with Crippen molar-refractivity contribution in [3.05, 3.63) is 60.2 Å². The average Bonchev–Trinajstić information content (AvgIpc) is 2.72. The number of morpholine rings is 1. The Bertz CT molecular complexity index is 925. The summed E-state index contributed by atoms with van der Waals surface area (Å²) in [5, 5.41) is 13.0. The van der Waals surface area contributed by atoms with Crippen LogP contribution in [0, 0.1) is 6.92 Å². The summed E-state index contributed by atoms with van der Waals surface area (Å²) in [6, 6.07) is 17.5. The van der Waals surface area contributed by atoms with E-state index in [1.165, 1.54) is 0 Å². The second kappa shape index (κ2) is 7.63. The lowest BCUT2D eigenvalue weighted by atomic mass is 10.1. The van der Waals surface area contributed by atoms with E-state index in [2.05, 4.69) is 10.2 Å². The van der Waals surface area contributed by atoms with Crippen molar-refractivity contribution in [2.45, 2.75) is 6.92 Å². The number of nitrogens with one attached hydrogen (secondary N) is 1. The number of rotatable bonds is 4. The highest BCUT2D eigenvalue weighted by Crippen LogP contribution is 2.27. The van der Waals surface area contributed by atoms with Crippen LogP contribution < -0.4 is 10.2 Å². The molecule has 0 bridgehead atoms. The zero-order valence-electron chi connectivity index (χ0n) is 15.2. The topological polar surface area (TPSA) is 70.5 Å². The van der Waals surface area contributed by atoms with Gasteiger partial charge in [-0.25, -0.2) is 4.98 Å². The number of aromatic hydroxyl groups is 1. The van der Waals surface area contributed by atoms with Gasteiger partial charge in [-0.15, -0.1) is 0 Å². The molecule has 0 amide bonds. The van der Waals surface area contributed by atoms with Gasteiger partial charge < -0.3 is 20.1 Å². The third-order valence-corrected chi connectivity index (χ3v) is 4.57. The quantitative estimate of drug-likeness (QED) is 0.689. The van der Waals surface area contributed by atoms with E-state index in [4.69, 9.17) is 14.7 Å². The van der Waals surface area contributed by atoms with E-state index in [0.29, 0.717) is 19.2 Å². The highest BCUT2D eigenvalue weighted by Gasteiger charge is 2.16. The van der Waals surface area contributed by atoms with Crippen LogP contribution in [0.2, 0.25) is 0 Å². The molecule has 2 heterocycles. The largest absolute Gasteiger partial charge is 0.508 e. The molecular formula is C21H22N4O2. The average molecular weight is 362 g/mol. The summed E-state index contributed by atoms with van der Waals surface area (Å²) in [5.74, 6) is 1.68. The molecule has 0 unspecified atom stereocenters. The second-order valence-electron chi connectivity index (χ2n) is 6.53. The SMILES string of the molecule is Cc1cc(Nc2nc(-c3ccccc3)cc(N3CCOCC3)n2)ccc1O. The molecule has 1 aromatic heterocycles. The van der Waals surface area contributed by atoms with Crippen molar-refractivity contribution in [3.63, 3.8) is 0 Å². The monoisotopic (exact) mass is 362 g/mol. The fourth-order valence-corrected chi connectivity index (χ4v) is 3.06. The summed E-state index contributed by atoms with van der Waals surface area (Å²) >= 11 is 0. The van der Waals surface area contributed by atoms with Gasteiger partial charge in [-0.1, -0.05) is 30.3 Å². The molecule has 0 radical (unpaired) electrons. The maximum atomic E-state index is 9.74. The standard InChI is InChI=1S/C21H22N4O2/c1-15-13-17(7-8-19(15)26)22-21-23-18(16-5-3-2-4-6-16)14-20(24-21)25-9-11-27-12-10-25/h2-8,13-14,26H,9-12H2,1H3,(H,22,23,24). The van der Waals surface area contributed by atoms with Crippen molar-refractivity contribution in [3.8, 4) is 17.0 Å². The van der Waals surface area contributed by atoms with Gasteiger partial charge in [0.05, 0.1) is 18.9 Å². The van der Waals surface area contributed by atoms with Crippen LogP contribution in [0.15, 0.2) is 54.6 Å². The molecule has 4 rings (SSSR count). The lowest BCUT2D eigenvalue weighted by Gasteiger charge is -2.28. The molecular weight excluding hydrogens is 340 g/mol. The highest BCUT2D eigenvalue weighted by molar-refractivity contribution is 5.67. The number of nitrogens with zero attached hydrogens (tertiary/aromatic N) is 3. The second-order valence-corrected chi connectivity index (χ2v) is 6.53. The summed E-state index contributed by atoms with van der Waals surface area (Å²) in [7, 11) is 0. The molecule has 138 valence electrons. The Morgan fingerprint density at radius 3 is 2.52 bits per heavy atom. The van der Waals surface area contributed by atoms with Crippen molar-refractivity contribution >= 4 is 17.5 Å². The first kappa shape index (κ1) is 17.3. The fourth-order valence-electron chi connectivity index (χ4n) is 3.06. The van der Waals surface area contributed by atoms with Gasteiger partial charge in [-0.3, -0.25) is 0 Å². The third-order valence-electron chi connectivity index (χ3n) is 4.57. The molecule has 2 aromatic carbocycles. The Balaban J connectivity index is 1.71. The van der Waals surface area contributed by atoms with Gasteiger partial charge in [0.1, 0.15) is 11.6 Å². The van der Waals surface area contributed by atoms with Gasteiger partial charge in [0, 0.05) is 30.4 Å². The third kappa shape index (κ3) is 4.01. The van der Waals surface area contributed by atoms with Crippen molar-refractivity contribution in [1.29, 1.82) is 0 Å². The van der Waals surface area contributed by atoms with Crippen molar-refractivity contribution < 1.29 is 9.84 Å². The molecule has 2 N–H and O–H groups in total. The lowest BCUT2D eigenvalue weighted by Crippen LogP contribution is -2.36. The zero-order valence-corrected chi connectivity index (χ0v) is 15.2. The van der Waals surface area contributed by atoms with Crippen molar-refractivity contribution in [2.24, 2.45) is 0 Å². The maximum Gasteiger partial charge on any atom is 0.229 e. The van der Waals surface area contributed by atoms with Crippen LogP contribution >= 0.6 is 0 Å². The predicted molar refractivity (Wildman–Crippen MR) is 107 cm³/mol. The molecule has 1 aliphatic heterocycles. The number of hydrogen-bond acceptors (Lipinski definition) is 6. The van der Waals surface area contributed by atoms with E-state index in [1.54, 1.807) is 6.07 Å². The Hall–Kier alpha value is -3.12. The van der Waals surface area contributed by atoms with Crippen molar-refractivity contribution in [1.82, 2.24) is 9.97 Å². The Morgan fingerprint density at radius 2 is 1.78 bits per heavy atom. The number of benzene rings is 2. The smallest absolute Gasteiger partial charge is 0.229 e. The van der Waals surface area contributed by atoms with Gasteiger partial charge in [0.15, 0.2) is 0 Å². The Labute approximate surface area is 158 Å². The molecule has 0 aliphatic carbocycles.